The maximum atomic E-state index is 13.7. The van der Waals surface area contributed by atoms with Gasteiger partial charge in [0.1, 0.15) is 22.0 Å². The van der Waals surface area contributed by atoms with E-state index in [-0.39, 0.29) is 67.0 Å². The van der Waals surface area contributed by atoms with Gasteiger partial charge in [-0.2, -0.15) is 27.1 Å². The van der Waals surface area contributed by atoms with Crippen molar-refractivity contribution in [2.24, 2.45) is 20.5 Å². The average Bonchev–Trinajstić information content (AvgIpc) is 3.12. The topological polar surface area (TPSA) is 274 Å². The van der Waals surface area contributed by atoms with Crippen molar-refractivity contribution in [1.82, 2.24) is 0 Å². The van der Waals surface area contributed by atoms with Crippen LogP contribution in [0.4, 0.5) is 34.1 Å². The lowest BCUT2D eigenvalue weighted by Gasteiger charge is -2.17. The lowest BCUT2D eigenvalue weighted by Crippen LogP contribution is -2.20. The monoisotopic (exact) mass is 766 g/mol. The molecule has 0 unspecified atom stereocenters. The summed E-state index contributed by atoms with van der Waals surface area (Å²) in [6.45, 7) is 0. The van der Waals surface area contributed by atoms with Crippen LogP contribution in [-0.2, 0) is 30.2 Å². The van der Waals surface area contributed by atoms with Crippen molar-refractivity contribution < 1.29 is 45.4 Å². The summed E-state index contributed by atoms with van der Waals surface area (Å²) < 4.78 is 63.3. The zero-order valence-corrected chi connectivity index (χ0v) is 29.4. The number of hydrogen-bond donors (Lipinski definition) is 5. The van der Waals surface area contributed by atoms with Crippen molar-refractivity contribution in [3.8, 4) is 11.5 Å². The molecule has 1 aliphatic rings. The zero-order chi connectivity index (χ0) is 38.7. The fourth-order valence-corrected chi connectivity index (χ4v) is 7.64. The summed E-state index contributed by atoms with van der Waals surface area (Å²) in [6, 6.07) is 20.0. The number of nitrogen functional groups attached to an aromatic ring is 2. The summed E-state index contributed by atoms with van der Waals surface area (Å²) in [5.41, 5.74) is 11.7. The number of phenols is 2. The first-order valence-corrected chi connectivity index (χ1v) is 18.6. The van der Waals surface area contributed by atoms with E-state index in [1.54, 1.807) is 24.3 Å². The van der Waals surface area contributed by atoms with Gasteiger partial charge in [-0.1, -0.05) is 24.3 Å². The van der Waals surface area contributed by atoms with E-state index >= 15 is 0 Å². The first-order valence-electron chi connectivity index (χ1n) is 15.6. The molecule has 0 heterocycles. The Morgan fingerprint density at radius 2 is 1.11 bits per heavy atom. The Morgan fingerprint density at radius 1 is 0.630 bits per heavy atom. The largest absolute Gasteiger partial charge is 0.505 e. The van der Waals surface area contributed by atoms with Crippen LogP contribution in [0.15, 0.2) is 110 Å². The SMILES string of the molecule is COS(=O)(=O)c1cc2cccc(N)c2c(O)c1N=Nc1ccc2c(c1)C(=O)c1ccc(N=Nc3c(CS(=O)(=O)O)cc4cccc(N)c4c3O)cc1C2=O. The molecule has 0 saturated carbocycles. The number of azo groups is 2. The summed E-state index contributed by atoms with van der Waals surface area (Å²) >= 11 is 0. The van der Waals surface area contributed by atoms with Crippen LogP contribution in [0, 0.1) is 0 Å². The Kier molecular flexibility index (Phi) is 8.69. The maximum absolute atomic E-state index is 13.7. The Morgan fingerprint density at radius 3 is 1.61 bits per heavy atom. The molecule has 0 bridgehead atoms. The molecule has 0 amide bonds. The number of rotatable bonds is 8. The lowest BCUT2D eigenvalue weighted by atomic mass is 9.83. The van der Waals surface area contributed by atoms with Crippen molar-refractivity contribution >= 4 is 87.5 Å². The van der Waals surface area contributed by atoms with Crippen LogP contribution in [-0.4, -0.2) is 50.3 Å². The minimum Gasteiger partial charge on any atom is -0.505 e. The van der Waals surface area contributed by atoms with Gasteiger partial charge in [0.2, 0.25) is 0 Å². The molecule has 6 aromatic carbocycles. The van der Waals surface area contributed by atoms with Crippen LogP contribution in [0.25, 0.3) is 21.5 Å². The van der Waals surface area contributed by atoms with E-state index in [1.807, 2.05) is 0 Å². The third kappa shape index (κ3) is 6.28. The van der Waals surface area contributed by atoms with Gasteiger partial charge in [-0.05, 0) is 71.4 Å². The van der Waals surface area contributed by atoms with Crippen LogP contribution < -0.4 is 11.5 Å². The Labute approximate surface area is 305 Å². The van der Waals surface area contributed by atoms with Gasteiger partial charge in [-0.3, -0.25) is 18.3 Å². The second-order valence-corrected chi connectivity index (χ2v) is 15.2. The molecular formula is C36H26N6O10S2. The van der Waals surface area contributed by atoms with Gasteiger partial charge in [0.25, 0.3) is 20.2 Å². The Bertz CT molecular complexity index is 2930. The van der Waals surface area contributed by atoms with Gasteiger partial charge in [-0.15, -0.1) is 10.2 Å². The van der Waals surface area contributed by atoms with Crippen molar-refractivity contribution in [3.05, 3.63) is 113 Å². The van der Waals surface area contributed by atoms with Crippen molar-refractivity contribution in [3.63, 3.8) is 0 Å². The van der Waals surface area contributed by atoms with Gasteiger partial charge in [0.15, 0.2) is 23.1 Å². The Balaban J connectivity index is 1.24. The third-order valence-corrected chi connectivity index (χ3v) is 10.6. The molecular weight excluding hydrogens is 741 g/mol. The standard InChI is InChI=1S/C36H26N6O10S2/c1-52-54(50,51)28-13-18-5-3-7-27(38)30(18)36(46)32(28)42-40-21-9-11-23-25(15-21)34(44)22-10-8-20(14-24(22)33(23)43)39-41-31-19(16-53(47,48)49)12-17-4-2-6-26(37)29(17)35(31)45/h2-15,45-46H,16,37-38H2,1H3,(H,47,48,49). The quantitative estimate of drug-likeness (QED) is 0.0457. The Hall–Kier alpha value is -6.60. The third-order valence-electron chi connectivity index (χ3n) is 8.68. The second-order valence-electron chi connectivity index (χ2n) is 12.1. The number of nitrogens with zero attached hydrogens (tertiary/aromatic N) is 4. The average molecular weight is 767 g/mol. The molecule has 7 rings (SSSR count). The number of carbonyl (C=O) groups is 2. The fraction of sp³-hybridized carbons (Fsp3) is 0.0556. The molecule has 18 heteroatoms. The van der Waals surface area contributed by atoms with Gasteiger partial charge in [0.05, 0.1) is 18.5 Å². The fourth-order valence-electron chi connectivity index (χ4n) is 6.20. The molecule has 16 nitrogen and oxygen atoms in total. The zero-order valence-electron chi connectivity index (χ0n) is 27.7. The summed E-state index contributed by atoms with van der Waals surface area (Å²) in [6.07, 6.45) is 0. The van der Waals surface area contributed by atoms with Gasteiger partial charge in [-0.25, -0.2) is 0 Å². The number of carbonyl (C=O) groups excluding carboxylic acids is 2. The smallest absolute Gasteiger partial charge is 0.299 e. The van der Waals surface area contributed by atoms with Crippen LogP contribution in [0.1, 0.15) is 37.4 Å². The number of nitrogens with two attached hydrogens (primary N) is 2. The molecule has 0 atom stereocenters. The minimum absolute atomic E-state index is 0.0163. The van der Waals surface area contributed by atoms with Gasteiger partial charge < -0.3 is 21.7 Å². The van der Waals surface area contributed by atoms with E-state index in [2.05, 4.69) is 24.6 Å². The number of phenolic OH excluding ortho intramolecular Hbond substituents is 2. The van der Waals surface area contributed by atoms with Crippen LogP contribution in [0.2, 0.25) is 0 Å². The van der Waals surface area contributed by atoms with Crippen molar-refractivity contribution in [1.29, 1.82) is 0 Å². The molecule has 6 aromatic rings. The minimum atomic E-state index is -4.56. The van der Waals surface area contributed by atoms with Crippen molar-refractivity contribution in [2.45, 2.75) is 10.6 Å². The van der Waals surface area contributed by atoms with Crippen LogP contribution in [0.3, 0.4) is 0 Å². The first-order chi connectivity index (χ1) is 25.6. The normalized spacial score (nSPS) is 13.3. The van der Waals surface area contributed by atoms with E-state index < -0.39 is 59.6 Å². The molecule has 272 valence electrons. The summed E-state index contributed by atoms with van der Waals surface area (Å²) in [5, 5.41) is 39.3. The number of ketones is 2. The second kappa shape index (κ2) is 13.1. The lowest BCUT2D eigenvalue weighted by molar-refractivity contribution is 0.0979. The van der Waals surface area contributed by atoms with Gasteiger partial charge >= 0.3 is 0 Å². The number of benzene rings is 6. The number of hydrogen-bond acceptors (Lipinski definition) is 15. The molecule has 0 spiro atoms. The van der Waals surface area contributed by atoms with Gasteiger partial charge in [0, 0.05) is 50.0 Å². The van der Waals surface area contributed by atoms with E-state index in [1.165, 1.54) is 60.7 Å². The molecule has 54 heavy (non-hydrogen) atoms. The number of anilines is 2. The molecule has 7 N–H and O–H groups in total. The highest BCUT2D eigenvalue weighted by molar-refractivity contribution is 7.87. The van der Waals surface area contributed by atoms with E-state index in [4.69, 9.17) is 11.5 Å². The molecule has 0 aliphatic heterocycles. The maximum Gasteiger partial charge on any atom is 0.299 e. The van der Waals surface area contributed by atoms with E-state index in [9.17, 15) is 41.2 Å². The highest BCUT2D eigenvalue weighted by Gasteiger charge is 2.31. The highest BCUT2D eigenvalue weighted by atomic mass is 32.2. The molecule has 0 aromatic heterocycles. The number of aromatic hydroxyl groups is 2. The van der Waals surface area contributed by atoms with E-state index in [0.717, 1.165) is 7.11 Å². The molecule has 0 saturated heterocycles. The summed E-state index contributed by atoms with van der Waals surface area (Å²) in [5.74, 6) is -3.03. The predicted molar refractivity (Wildman–Crippen MR) is 198 cm³/mol. The molecule has 0 fully saturated rings. The first kappa shape index (κ1) is 35.8. The van der Waals surface area contributed by atoms with Crippen LogP contribution >= 0.6 is 0 Å². The summed E-state index contributed by atoms with van der Waals surface area (Å²) in [7, 11) is -8.00. The van der Waals surface area contributed by atoms with E-state index in [0.29, 0.717) is 10.8 Å². The number of fused-ring (bicyclic) bond motifs is 4. The predicted octanol–water partition coefficient (Wildman–Crippen LogP) is 6.90. The summed E-state index contributed by atoms with van der Waals surface area (Å²) in [4.78, 5) is 26.8. The van der Waals surface area contributed by atoms with Crippen LogP contribution in [0.5, 0.6) is 11.5 Å². The van der Waals surface area contributed by atoms with Crippen molar-refractivity contribution in [2.75, 3.05) is 18.6 Å². The molecule has 0 radical (unpaired) electrons. The molecule has 1 aliphatic carbocycles. The highest BCUT2D eigenvalue weighted by Crippen LogP contribution is 2.45.